The molecule has 0 fully saturated rings. The van der Waals surface area contributed by atoms with Crippen LogP contribution >= 0.6 is 11.3 Å². The Morgan fingerprint density at radius 1 is 1.26 bits per heavy atom. The molecule has 0 aliphatic rings. The number of aryl methyl sites for hydroxylation is 1. The van der Waals surface area contributed by atoms with Crippen LogP contribution in [0.25, 0.3) is 10.4 Å². The van der Waals surface area contributed by atoms with E-state index in [1.54, 1.807) is 32.0 Å². The maximum Gasteiger partial charge on any atom is 0.323 e. The van der Waals surface area contributed by atoms with Crippen LogP contribution in [0.1, 0.15) is 29.1 Å². The molecular formula is C17H18FNO3S. The van der Waals surface area contributed by atoms with Crippen LogP contribution in [0, 0.1) is 12.7 Å². The highest BCUT2D eigenvalue weighted by atomic mass is 32.1. The van der Waals surface area contributed by atoms with Crippen molar-refractivity contribution in [1.82, 2.24) is 4.90 Å². The summed E-state index contributed by atoms with van der Waals surface area (Å²) in [7, 11) is 0. The normalized spacial score (nSPS) is 10.8. The van der Waals surface area contributed by atoms with Crippen molar-refractivity contribution in [2.24, 2.45) is 0 Å². The summed E-state index contributed by atoms with van der Waals surface area (Å²) < 4.78 is 13.0. The largest absolute Gasteiger partial charge is 0.480 e. The molecule has 122 valence electrons. The summed E-state index contributed by atoms with van der Waals surface area (Å²) in [6.07, 6.45) is 0. The van der Waals surface area contributed by atoms with Crippen LogP contribution in [0.2, 0.25) is 0 Å². The SMILES string of the molecule is Cc1cc(C(=O)N(CC(=O)O)C(C)C)sc1-c1ccc(F)cc1. The Labute approximate surface area is 138 Å². The van der Waals surface area contributed by atoms with Gasteiger partial charge in [-0.1, -0.05) is 12.1 Å². The molecule has 2 aromatic rings. The first-order valence-corrected chi connectivity index (χ1v) is 8.00. The summed E-state index contributed by atoms with van der Waals surface area (Å²) >= 11 is 1.29. The van der Waals surface area contributed by atoms with Crippen molar-refractivity contribution in [3.8, 4) is 10.4 Å². The van der Waals surface area contributed by atoms with E-state index in [-0.39, 0.29) is 24.3 Å². The van der Waals surface area contributed by atoms with Gasteiger partial charge in [0.2, 0.25) is 0 Å². The number of aliphatic carboxylic acids is 1. The van der Waals surface area contributed by atoms with Crippen LogP contribution in [0.15, 0.2) is 30.3 Å². The zero-order valence-corrected chi connectivity index (χ0v) is 14.0. The lowest BCUT2D eigenvalue weighted by Gasteiger charge is -2.24. The average Bonchev–Trinajstić information content (AvgIpc) is 2.86. The quantitative estimate of drug-likeness (QED) is 0.904. The van der Waals surface area contributed by atoms with Gasteiger partial charge < -0.3 is 10.0 Å². The summed E-state index contributed by atoms with van der Waals surface area (Å²) in [5.74, 6) is -1.66. The molecule has 1 aromatic heterocycles. The number of carboxylic acids is 1. The number of rotatable bonds is 5. The molecule has 1 aromatic carbocycles. The second kappa shape index (κ2) is 6.91. The highest BCUT2D eigenvalue weighted by Gasteiger charge is 2.23. The maximum absolute atomic E-state index is 13.0. The second-order valence-electron chi connectivity index (χ2n) is 5.55. The molecule has 0 atom stereocenters. The van der Waals surface area contributed by atoms with Gasteiger partial charge in [-0.2, -0.15) is 0 Å². The Morgan fingerprint density at radius 2 is 1.87 bits per heavy atom. The number of nitrogens with zero attached hydrogens (tertiary/aromatic N) is 1. The third-order valence-corrected chi connectivity index (χ3v) is 4.70. The van der Waals surface area contributed by atoms with Gasteiger partial charge in [0.1, 0.15) is 12.4 Å². The van der Waals surface area contributed by atoms with Gasteiger partial charge in [0.15, 0.2) is 0 Å². The minimum absolute atomic E-state index is 0.213. The number of halogens is 1. The number of hydrogen-bond acceptors (Lipinski definition) is 3. The van der Waals surface area contributed by atoms with Crippen molar-refractivity contribution in [2.45, 2.75) is 26.8 Å². The molecule has 0 saturated carbocycles. The fourth-order valence-corrected chi connectivity index (χ4v) is 3.39. The number of thiophene rings is 1. The molecule has 1 N–H and O–H groups in total. The molecule has 1 heterocycles. The Hall–Kier alpha value is -2.21. The van der Waals surface area contributed by atoms with Crippen LogP contribution in [0.3, 0.4) is 0 Å². The number of hydrogen-bond donors (Lipinski definition) is 1. The Bertz CT molecular complexity index is 722. The topological polar surface area (TPSA) is 57.6 Å². The van der Waals surface area contributed by atoms with Gasteiger partial charge in [0.05, 0.1) is 4.88 Å². The van der Waals surface area contributed by atoms with Crippen molar-refractivity contribution in [1.29, 1.82) is 0 Å². The fourth-order valence-electron chi connectivity index (χ4n) is 2.25. The first-order chi connectivity index (χ1) is 10.8. The molecule has 0 aliphatic heterocycles. The third-order valence-electron chi connectivity index (χ3n) is 3.42. The van der Waals surface area contributed by atoms with Gasteiger partial charge in [0.25, 0.3) is 5.91 Å². The number of amides is 1. The molecule has 6 heteroatoms. The van der Waals surface area contributed by atoms with Gasteiger partial charge in [0, 0.05) is 10.9 Å². The molecule has 0 spiro atoms. The van der Waals surface area contributed by atoms with Gasteiger partial charge in [-0.25, -0.2) is 4.39 Å². The molecule has 0 bridgehead atoms. The minimum atomic E-state index is -1.04. The van der Waals surface area contributed by atoms with E-state index < -0.39 is 5.97 Å². The van der Waals surface area contributed by atoms with Crippen LogP contribution in [-0.2, 0) is 4.79 Å². The maximum atomic E-state index is 13.0. The van der Waals surface area contributed by atoms with E-state index in [1.165, 1.54) is 28.4 Å². The first-order valence-electron chi connectivity index (χ1n) is 7.18. The molecule has 0 aliphatic carbocycles. The predicted molar refractivity (Wildman–Crippen MR) is 88.3 cm³/mol. The standard InChI is InChI=1S/C17H18FNO3S/c1-10(2)19(9-15(20)21)17(22)14-8-11(3)16(23-14)12-4-6-13(18)7-5-12/h4-8,10H,9H2,1-3H3,(H,20,21). The number of carbonyl (C=O) groups is 2. The molecule has 4 nitrogen and oxygen atoms in total. The van der Waals surface area contributed by atoms with E-state index in [0.717, 1.165) is 16.0 Å². The van der Waals surface area contributed by atoms with Gasteiger partial charge in [-0.3, -0.25) is 9.59 Å². The molecule has 0 radical (unpaired) electrons. The Kier molecular flexibility index (Phi) is 5.15. The summed E-state index contributed by atoms with van der Waals surface area (Å²) in [6.45, 7) is 5.10. The second-order valence-corrected chi connectivity index (χ2v) is 6.60. The minimum Gasteiger partial charge on any atom is -0.480 e. The van der Waals surface area contributed by atoms with Crippen LogP contribution in [0.4, 0.5) is 4.39 Å². The van der Waals surface area contributed by atoms with Crippen molar-refractivity contribution in [3.05, 3.63) is 46.6 Å². The Balaban J connectivity index is 2.34. The summed E-state index contributed by atoms with van der Waals surface area (Å²) in [4.78, 5) is 26.2. The molecule has 0 unspecified atom stereocenters. The van der Waals surface area contributed by atoms with Crippen molar-refractivity contribution >= 4 is 23.2 Å². The lowest BCUT2D eigenvalue weighted by Crippen LogP contribution is -2.40. The van der Waals surface area contributed by atoms with Crippen molar-refractivity contribution in [3.63, 3.8) is 0 Å². The summed E-state index contributed by atoms with van der Waals surface area (Å²) in [5.41, 5.74) is 1.74. The van der Waals surface area contributed by atoms with E-state index in [9.17, 15) is 14.0 Å². The highest BCUT2D eigenvalue weighted by molar-refractivity contribution is 7.17. The Morgan fingerprint density at radius 3 is 2.39 bits per heavy atom. The van der Waals surface area contributed by atoms with Crippen LogP contribution in [-0.4, -0.2) is 34.5 Å². The molecular weight excluding hydrogens is 317 g/mol. The average molecular weight is 335 g/mol. The van der Waals surface area contributed by atoms with E-state index >= 15 is 0 Å². The van der Waals surface area contributed by atoms with Crippen LogP contribution in [0.5, 0.6) is 0 Å². The zero-order valence-electron chi connectivity index (χ0n) is 13.2. The monoisotopic (exact) mass is 335 g/mol. The fraction of sp³-hybridized carbons (Fsp3) is 0.294. The van der Waals surface area contributed by atoms with E-state index in [2.05, 4.69) is 0 Å². The number of carboxylic acid groups (broad SMARTS) is 1. The molecule has 2 rings (SSSR count). The number of benzene rings is 1. The molecule has 0 saturated heterocycles. The summed E-state index contributed by atoms with van der Waals surface area (Å²) in [5, 5.41) is 8.97. The van der Waals surface area contributed by atoms with Crippen molar-refractivity contribution in [2.75, 3.05) is 6.54 Å². The predicted octanol–water partition coefficient (Wildman–Crippen LogP) is 3.80. The van der Waals surface area contributed by atoms with Gasteiger partial charge in [-0.15, -0.1) is 11.3 Å². The first kappa shape index (κ1) is 17.1. The lowest BCUT2D eigenvalue weighted by molar-refractivity contribution is -0.138. The highest BCUT2D eigenvalue weighted by Crippen LogP contribution is 2.33. The lowest BCUT2D eigenvalue weighted by atomic mass is 10.1. The molecule has 1 amide bonds. The molecule has 23 heavy (non-hydrogen) atoms. The van der Waals surface area contributed by atoms with E-state index in [0.29, 0.717) is 4.88 Å². The van der Waals surface area contributed by atoms with Gasteiger partial charge in [-0.05, 0) is 50.1 Å². The summed E-state index contributed by atoms with van der Waals surface area (Å²) in [6, 6.07) is 7.62. The van der Waals surface area contributed by atoms with E-state index in [1.807, 2.05) is 6.92 Å². The third kappa shape index (κ3) is 3.96. The number of carbonyl (C=O) groups excluding carboxylic acids is 1. The van der Waals surface area contributed by atoms with Gasteiger partial charge >= 0.3 is 5.97 Å². The van der Waals surface area contributed by atoms with Crippen molar-refractivity contribution < 1.29 is 19.1 Å². The smallest absolute Gasteiger partial charge is 0.323 e. The van der Waals surface area contributed by atoms with E-state index in [4.69, 9.17) is 5.11 Å². The van der Waals surface area contributed by atoms with Crippen LogP contribution < -0.4 is 0 Å². The zero-order chi connectivity index (χ0) is 17.1.